The molecule has 0 amide bonds. The first-order valence-corrected chi connectivity index (χ1v) is 20.7. The van der Waals surface area contributed by atoms with Gasteiger partial charge in [-0.05, 0) is 71.5 Å². The molecule has 0 saturated heterocycles. The maximum Gasteiger partial charge on any atom is 0.164 e. The Hall–Kier alpha value is -7.63. The summed E-state index contributed by atoms with van der Waals surface area (Å²) < 4.78 is 9.01. The number of fused-ring (bicyclic) bond motifs is 6. The van der Waals surface area contributed by atoms with Crippen molar-refractivity contribution in [1.82, 2.24) is 19.5 Å². The molecule has 0 bridgehead atoms. The number of aromatic nitrogens is 4. The molecule has 5 heteroatoms. The van der Waals surface area contributed by atoms with Crippen LogP contribution in [-0.4, -0.2) is 19.5 Å². The standard InChI is InChI=1S/C55H40N4O/c1-2-3-14-36-25-32-51-48(33-36)47-23-13-22-44(52(47)60-51)42-30-31-46-45-21-10-11-24-49(45)59(50(46)35-42)43-20-12-19-41(34-43)37-26-28-40(29-27-37)55-57-53(38-15-6-4-7-16-38)56-54(58-55)39-17-8-5-9-18-39/h4-13,15-35H,2-3,14H2,1H3. The molecule has 5 nitrogen and oxygen atoms in total. The Kier molecular flexibility index (Phi) is 8.85. The number of benzene rings is 8. The minimum Gasteiger partial charge on any atom is -0.455 e. The molecule has 0 N–H and O–H groups in total. The van der Waals surface area contributed by atoms with E-state index >= 15 is 0 Å². The molecule has 3 aromatic heterocycles. The van der Waals surface area contributed by atoms with Crippen LogP contribution in [0.4, 0.5) is 0 Å². The Morgan fingerprint density at radius 1 is 0.433 bits per heavy atom. The fraction of sp³-hybridized carbons (Fsp3) is 0.0727. The van der Waals surface area contributed by atoms with Crippen LogP contribution in [0.3, 0.4) is 0 Å². The molecule has 0 atom stereocenters. The zero-order chi connectivity index (χ0) is 40.0. The topological polar surface area (TPSA) is 56.7 Å². The highest BCUT2D eigenvalue weighted by molar-refractivity contribution is 6.13. The maximum atomic E-state index is 6.62. The highest BCUT2D eigenvalue weighted by atomic mass is 16.3. The van der Waals surface area contributed by atoms with E-state index in [4.69, 9.17) is 19.4 Å². The average molecular weight is 773 g/mol. The first-order chi connectivity index (χ1) is 29.7. The van der Waals surface area contributed by atoms with Gasteiger partial charge in [0.1, 0.15) is 11.2 Å². The Morgan fingerprint density at radius 3 is 1.77 bits per heavy atom. The van der Waals surface area contributed by atoms with Gasteiger partial charge < -0.3 is 8.98 Å². The molecule has 286 valence electrons. The van der Waals surface area contributed by atoms with Crippen molar-refractivity contribution in [3.63, 3.8) is 0 Å². The number of hydrogen-bond donors (Lipinski definition) is 0. The molecule has 8 aromatic carbocycles. The van der Waals surface area contributed by atoms with Crippen LogP contribution in [0.25, 0.3) is 106 Å². The Balaban J connectivity index is 0.984. The number of nitrogens with zero attached hydrogens (tertiary/aromatic N) is 4. The molecule has 11 rings (SSSR count). The summed E-state index contributed by atoms with van der Waals surface area (Å²) in [4.78, 5) is 14.8. The molecule has 0 fully saturated rings. The van der Waals surface area contributed by atoms with Crippen LogP contribution < -0.4 is 0 Å². The van der Waals surface area contributed by atoms with Gasteiger partial charge in [-0.1, -0.05) is 165 Å². The lowest BCUT2D eigenvalue weighted by molar-refractivity contribution is 0.669. The number of rotatable bonds is 9. The molecule has 3 heterocycles. The molecule has 0 aliphatic carbocycles. The molecule has 0 aliphatic heterocycles. The van der Waals surface area contributed by atoms with Crippen molar-refractivity contribution in [3.05, 3.63) is 194 Å². The largest absolute Gasteiger partial charge is 0.455 e. The number of furan rings is 1. The maximum absolute atomic E-state index is 6.62. The second-order valence-electron chi connectivity index (χ2n) is 15.5. The summed E-state index contributed by atoms with van der Waals surface area (Å²) in [7, 11) is 0. The first-order valence-electron chi connectivity index (χ1n) is 20.7. The van der Waals surface area contributed by atoms with Crippen molar-refractivity contribution in [2.75, 3.05) is 0 Å². The van der Waals surface area contributed by atoms with Crippen molar-refractivity contribution < 1.29 is 4.42 Å². The van der Waals surface area contributed by atoms with Crippen LogP contribution >= 0.6 is 0 Å². The van der Waals surface area contributed by atoms with E-state index in [1.54, 1.807) is 0 Å². The van der Waals surface area contributed by atoms with Crippen molar-refractivity contribution >= 4 is 43.7 Å². The third-order valence-corrected chi connectivity index (χ3v) is 11.6. The molecular formula is C55H40N4O. The van der Waals surface area contributed by atoms with Crippen molar-refractivity contribution in [3.8, 4) is 62.1 Å². The molecule has 0 radical (unpaired) electrons. The summed E-state index contributed by atoms with van der Waals surface area (Å²) in [6.07, 6.45) is 3.45. The van der Waals surface area contributed by atoms with E-state index < -0.39 is 0 Å². The van der Waals surface area contributed by atoms with E-state index in [1.807, 2.05) is 60.7 Å². The van der Waals surface area contributed by atoms with Crippen LogP contribution in [0.1, 0.15) is 25.3 Å². The zero-order valence-electron chi connectivity index (χ0n) is 33.2. The summed E-state index contributed by atoms with van der Waals surface area (Å²) in [6.45, 7) is 2.24. The molecule has 11 aromatic rings. The van der Waals surface area contributed by atoms with E-state index in [1.165, 1.54) is 34.6 Å². The minimum atomic E-state index is 0.638. The van der Waals surface area contributed by atoms with E-state index in [-0.39, 0.29) is 0 Å². The predicted octanol–water partition coefficient (Wildman–Crippen LogP) is 14.5. The lowest BCUT2D eigenvalue weighted by Gasteiger charge is -2.12. The van der Waals surface area contributed by atoms with Crippen molar-refractivity contribution in [1.29, 1.82) is 0 Å². The fourth-order valence-electron chi connectivity index (χ4n) is 8.60. The number of unbranched alkanes of at least 4 members (excludes halogenated alkanes) is 1. The van der Waals surface area contributed by atoms with Crippen molar-refractivity contribution in [2.45, 2.75) is 26.2 Å². The molecule has 0 aliphatic rings. The molecule has 60 heavy (non-hydrogen) atoms. The quantitative estimate of drug-likeness (QED) is 0.147. The Labute approximate surface area is 348 Å². The van der Waals surface area contributed by atoms with Gasteiger partial charge in [-0.25, -0.2) is 15.0 Å². The van der Waals surface area contributed by atoms with Crippen LogP contribution in [0.15, 0.2) is 192 Å². The van der Waals surface area contributed by atoms with Gasteiger partial charge in [-0.15, -0.1) is 0 Å². The van der Waals surface area contributed by atoms with E-state index in [0.29, 0.717) is 17.5 Å². The van der Waals surface area contributed by atoms with Gasteiger partial charge in [0.2, 0.25) is 0 Å². The van der Waals surface area contributed by atoms with Gasteiger partial charge in [0.15, 0.2) is 17.5 Å². The third-order valence-electron chi connectivity index (χ3n) is 11.6. The first kappa shape index (κ1) is 35.5. The van der Waals surface area contributed by atoms with E-state index in [0.717, 1.165) is 78.6 Å². The number of hydrogen-bond acceptors (Lipinski definition) is 4. The summed E-state index contributed by atoms with van der Waals surface area (Å²) in [5, 5.41) is 4.77. The van der Waals surface area contributed by atoms with Crippen LogP contribution in [0, 0.1) is 0 Å². The minimum absolute atomic E-state index is 0.638. The van der Waals surface area contributed by atoms with E-state index in [9.17, 15) is 0 Å². The second-order valence-corrected chi connectivity index (χ2v) is 15.5. The normalized spacial score (nSPS) is 11.6. The molecule has 0 spiro atoms. The lowest BCUT2D eigenvalue weighted by Crippen LogP contribution is -2.00. The van der Waals surface area contributed by atoms with Crippen LogP contribution in [0.5, 0.6) is 0 Å². The van der Waals surface area contributed by atoms with Gasteiger partial charge in [0.05, 0.1) is 11.0 Å². The number of aryl methyl sites for hydroxylation is 1. The third kappa shape index (κ3) is 6.32. The van der Waals surface area contributed by atoms with Crippen molar-refractivity contribution in [2.24, 2.45) is 0 Å². The summed E-state index contributed by atoms with van der Waals surface area (Å²) in [5.41, 5.74) is 13.9. The van der Waals surface area contributed by atoms with E-state index in [2.05, 4.69) is 139 Å². The highest BCUT2D eigenvalue weighted by Gasteiger charge is 2.18. The fourth-order valence-corrected chi connectivity index (χ4v) is 8.60. The highest BCUT2D eigenvalue weighted by Crippen LogP contribution is 2.40. The predicted molar refractivity (Wildman–Crippen MR) is 247 cm³/mol. The van der Waals surface area contributed by atoms with Crippen LogP contribution in [0.2, 0.25) is 0 Å². The Bertz CT molecular complexity index is 3290. The summed E-state index contributed by atoms with van der Waals surface area (Å²) in [5.74, 6) is 1.94. The van der Waals surface area contributed by atoms with Crippen LogP contribution in [-0.2, 0) is 6.42 Å². The second kappa shape index (κ2) is 14.9. The summed E-state index contributed by atoms with van der Waals surface area (Å²) >= 11 is 0. The SMILES string of the molecule is CCCCc1ccc2oc3c(-c4ccc5c6ccccc6n(-c6cccc(-c7ccc(-c8nc(-c9ccccc9)nc(-c9ccccc9)n8)cc7)c6)c5c4)cccc3c2c1. The lowest BCUT2D eigenvalue weighted by atomic mass is 10.00. The molecule has 0 saturated carbocycles. The summed E-state index contributed by atoms with van der Waals surface area (Å²) in [6, 6.07) is 66.3. The number of para-hydroxylation sites is 2. The average Bonchev–Trinajstić information content (AvgIpc) is 3.86. The molecular weight excluding hydrogens is 733 g/mol. The monoisotopic (exact) mass is 772 g/mol. The van der Waals surface area contributed by atoms with Gasteiger partial charge >= 0.3 is 0 Å². The molecule has 0 unspecified atom stereocenters. The van der Waals surface area contributed by atoms with Gasteiger partial charge in [-0.3, -0.25) is 0 Å². The van der Waals surface area contributed by atoms with Gasteiger partial charge in [0, 0.05) is 49.5 Å². The smallest absolute Gasteiger partial charge is 0.164 e. The van der Waals surface area contributed by atoms with Gasteiger partial charge in [-0.2, -0.15) is 0 Å². The zero-order valence-corrected chi connectivity index (χ0v) is 33.2. The Morgan fingerprint density at radius 2 is 1.03 bits per heavy atom. The van der Waals surface area contributed by atoms with Gasteiger partial charge in [0.25, 0.3) is 0 Å².